The lowest BCUT2D eigenvalue weighted by atomic mass is 9.67. The Kier molecular flexibility index (Phi) is 1.72. The molecule has 2 aliphatic heterocycles. The van der Waals surface area contributed by atoms with Crippen LogP contribution in [0.5, 0.6) is 0 Å². The van der Waals surface area contributed by atoms with Crippen molar-refractivity contribution in [1.82, 2.24) is 0 Å². The van der Waals surface area contributed by atoms with Crippen LogP contribution in [0, 0.1) is 11.3 Å². The van der Waals surface area contributed by atoms with Gasteiger partial charge in [-0.05, 0) is 38.0 Å². The van der Waals surface area contributed by atoms with Crippen LogP contribution in [0.15, 0.2) is 0 Å². The normalized spacial score (nSPS) is 53.8. The van der Waals surface area contributed by atoms with Crippen LogP contribution in [0.4, 0.5) is 0 Å². The van der Waals surface area contributed by atoms with Crippen molar-refractivity contribution in [2.24, 2.45) is 11.3 Å². The van der Waals surface area contributed by atoms with E-state index in [4.69, 9.17) is 4.74 Å². The SMILES string of the molecule is OCC1CCCC12CC1CCC2O1. The monoisotopic (exact) mass is 182 g/mol. The first-order valence-electron chi connectivity index (χ1n) is 5.61. The van der Waals surface area contributed by atoms with Crippen molar-refractivity contribution in [3.8, 4) is 0 Å². The lowest BCUT2D eigenvalue weighted by Crippen LogP contribution is -2.37. The molecular formula is C11H18O2. The fraction of sp³-hybridized carbons (Fsp3) is 1.00. The molecule has 1 N–H and O–H groups in total. The maximum absolute atomic E-state index is 9.36. The van der Waals surface area contributed by atoms with E-state index in [0.717, 1.165) is 0 Å². The Labute approximate surface area is 79.3 Å². The number of hydrogen-bond acceptors (Lipinski definition) is 2. The molecule has 13 heavy (non-hydrogen) atoms. The van der Waals surface area contributed by atoms with Crippen molar-refractivity contribution in [3.05, 3.63) is 0 Å². The van der Waals surface area contributed by atoms with Gasteiger partial charge in [0.15, 0.2) is 0 Å². The van der Waals surface area contributed by atoms with Gasteiger partial charge in [0.2, 0.25) is 0 Å². The first-order valence-corrected chi connectivity index (χ1v) is 5.61. The van der Waals surface area contributed by atoms with E-state index in [0.29, 0.717) is 30.1 Å². The van der Waals surface area contributed by atoms with Gasteiger partial charge in [0.25, 0.3) is 0 Å². The molecule has 0 amide bonds. The van der Waals surface area contributed by atoms with Crippen molar-refractivity contribution < 1.29 is 9.84 Å². The van der Waals surface area contributed by atoms with Crippen LogP contribution < -0.4 is 0 Å². The van der Waals surface area contributed by atoms with Crippen LogP contribution in [0.1, 0.15) is 38.5 Å². The van der Waals surface area contributed by atoms with Gasteiger partial charge in [-0.25, -0.2) is 0 Å². The third kappa shape index (κ3) is 0.962. The van der Waals surface area contributed by atoms with Gasteiger partial charge < -0.3 is 9.84 Å². The van der Waals surface area contributed by atoms with Crippen LogP contribution in [-0.2, 0) is 4.74 Å². The number of aliphatic hydroxyl groups is 1. The summed E-state index contributed by atoms with van der Waals surface area (Å²) in [6.45, 7) is 0.382. The zero-order valence-corrected chi connectivity index (χ0v) is 8.04. The van der Waals surface area contributed by atoms with E-state index >= 15 is 0 Å². The Morgan fingerprint density at radius 1 is 1.31 bits per heavy atom. The molecule has 2 bridgehead atoms. The fourth-order valence-corrected chi connectivity index (χ4v) is 3.97. The molecule has 0 aromatic carbocycles. The molecule has 3 rings (SSSR count). The molecule has 74 valence electrons. The summed E-state index contributed by atoms with van der Waals surface area (Å²) in [6, 6.07) is 0. The van der Waals surface area contributed by atoms with E-state index < -0.39 is 0 Å². The quantitative estimate of drug-likeness (QED) is 0.669. The predicted octanol–water partition coefficient (Wildman–Crippen LogP) is 1.72. The minimum atomic E-state index is 0.382. The van der Waals surface area contributed by atoms with Gasteiger partial charge in [0, 0.05) is 12.0 Å². The number of aliphatic hydroxyl groups excluding tert-OH is 1. The van der Waals surface area contributed by atoms with E-state index in [1.807, 2.05) is 0 Å². The van der Waals surface area contributed by atoms with Gasteiger partial charge in [-0.3, -0.25) is 0 Å². The Morgan fingerprint density at radius 2 is 2.23 bits per heavy atom. The van der Waals surface area contributed by atoms with Crippen molar-refractivity contribution in [2.75, 3.05) is 6.61 Å². The van der Waals surface area contributed by atoms with Crippen LogP contribution in [0.25, 0.3) is 0 Å². The molecule has 2 nitrogen and oxygen atoms in total. The maximum Gasteiger partial charge on any atom is 0.0640 e. The minimum Gasteiger partial charge on any atom is -0.396 e. The van der Waals surface area contributed by atoms with Gasteiger partial charge in [0.05, 0.1) is 12.2 Å². The van der Waals surface area contributed by atoms with Gasteiger partial charge >= 0.3 is 0 Å². The average Bonchev–Trinajstić information content (AvgIpc) is 2.80. The summed E-state index contributed by atoms with van der Waals surface area (Å²) in [5.74, 6) is 0.544. The molecule has 2 heteroatoms. The zero-order chi connectivity index (χ0) is 8.89. The van der Waals surface area contributed by atoms with E-state index in [1.54, 1.807) is 0 Å². The molecule has 4 unspecified atom stereocenters. The van der Waals surface area contributed by atoms with Crippen LogP contribution >= 0.6 is 0 Å². The van der Waals surface area contributed by atoms with Gasteiger partial charge in [-0.2, -0.15) is 0 Å². The molecule has 0 aromatic heterocycles. The fourth-order valence-electron chi connectivity index (χ4n) is 3.97. The molecular weight excluding hydrogens is 164 g/mol. The number of fused-ring (bicyclic) bond motifs is 3. The molecule has 0 aromatic rings. The van der Waals surface area contributed by atoms with Crippen LogP contribution in [-0.4, -0.2) is 23.9 Å². The number of ether oxygens (including phenoxy) is 1. The second-order valence-corrected chi connectivity index (χ2v) is 5.03. The highest BCUT2D eigenvalue weighted by Gasteiger charge is 2.57. The summed E-state index contributed by atoms with van der Waals surface area (Å²) in [5.41, 5.74) is 0.400. The largest absolute Gasteiger partial charge is 0.396 e. The summed E-state index contributed by atoms with van der Waals surface area (Å²) in [7, 11) is 0. The molecule has 3 aliphatic rings. The summed E-state index contributed by atoms with van der Waals surface area (Å²) in [4.78, 5) is 0. The minimum absolute atomic E-state index is 0.382. The lowest BCUT2D eigenvalue weighted by Gasteiger charge is -2.36. The highest BCUT2D eigenvalue weighted by Crippen LogP contribution is 2.58. The van der Waals surface area contributed by atoms with E-state index in [1.165, 1.54) is 38.5 Å². The Hall–Kier alpha value is -0.0800. The molecule has 1 aliphatic carbocycles. The van der Waals surface area contributed by atoms with Crippen molar-refractivity contribution in [1.29, 1.82) is 0 Å². The van der Waals surface area contributed by atoms with Crippen molar-refractivity contribution in [3.63, 3.8) is 0 Å². The molecule has 4 atom stereocenters. The van der Waals surface area contributed by atoms with Crippen molar-refractivity contribution in [2.45, 2.75) is 50.7 Å². The molecule has 1 saturated carbocycles. The smallest absolute Gasteiger partial charge is 0.0640 e. The van der Waals surface area contributed by atoms with E-state index in [-0.39, 0.29) is 0 Å². The Bertz CT molecular complexity index is 210. The second-order valence-electron chi connectivity index (χ2n) is 5.03. The number of hydrogen-bond donors (Lipinski definition) is 1. The van der Waals surface area contributed by atoms with E-state index in [9.17, 15) is 5.11 Å². The van der Waals surface area contributed by atoms with E-state index in [2.05, 4.69) is 0 Å². The molecule has 1 spiro atoms. The second kappa shape index (κ2) is 2.71. The summed E-state index contributed by atoms with van der Waals surface area (Å²) in [6.07, 6.45) is 8.63. The zero-order valence-electron chi connectivity index (χ0n) is 8.04. The van der Waals surface area contributed by atoms with Crippen LogP contribution in [0.2, 0.25) is 0 Å². The predicted molar refractivity (Wildman–Crippen MR) is 49.4 cm³/mol. The standard InChI is InChI=1S/C11H18O2/c12-7-8-2-1-5-11(8)6-9-3-4-10(11)13-9/h8-10,12H,1-7H2. The van der Waals surface area contributed by atoms with Gasteiger partial charge in [0.1, 0.15) is 0 Å². The summed E-state index contributed by atoms with van der Waals surface area (Å²) >= 11 is 0. The average molecular weight is 182 g/mol. The third-order valence-electron chi connectivity index (χ3n) is 4.58. The summed E-state index contributed by atoms with van der Waals surface area (Å²) < 4.78 is 5.93. The van der Waals surface area contributed by atoms with Crippen LogP contribution in [0.3, 0.4) is 0 Å². The Morgan fingerprint density at radius 3 is 2.85 bits per heavy atom. The maximum atomic E-state index is 9.36. The highest BCUT2D eigenvalue weighted by atomic mass is 16.5. The molecule has 2 saturated heterocycles. The van der Waals surface area contributed by atoms with Crippen molar-refractivity contribution >= 4 is 0 Å². The topological polar surface area (TPSA) is 29.5 Å². The first-order chi connectivity index (χ1) is 6.35. The first kappa shape index (κ1) is 8.25. The lowest BCUT2D eigenvalue weighted by molar-refractivity contribution is 0.0233. The highest BCUT2D eigenvalue weighted by molar-refractivity contribution is 5.06. The Balaban J connectivity index is 1.88. The molecule has 2 heterocycles. The third-order valence-corrected chi connectivity index (χ3v) is 4.58. The molecule has 3 fully saturated rings. The van der Waals surface area contributed by atoms with Gasteiger partial charge in [-0.1, -0.05) is 6.42 Å². The summed E-state index contributed by atoms with van der Waals surface area (Å²) in [5, 5.41) is 9.36. The number of rotatable bonds is 1. The molecule has 0 radical (unpaired) electrons. The van der Waals surface area contributed by atoms with Gasteiger partial charge in [-0.15, -0.1) is 0 Å².